The lowest BCUT2D eigenvalue weighted by Gasteiger charge is -2.13. The smallest absolute Gasteiger partial charge is 0.160 e. The molecular formula is C43H23N3O. The Balaban J connectivity index is 1.26. The summed E-state index contributed by atoms with van der Waals surface area (Å²) in [6.07, 6.45) is 0. The highest BCUT2D eigenvalue weighted by Crippen LogP contribution is 2.49. The maximum absolute atomic E-state index is 6.55. The number of nitrogens with zero attached hydrogens (tertiary/aromatic N) is 3. The average Bonchev–Trinajstić information content (AvgIpc) is 3.88. The van der Waals surface area contributed by atoms with Gasteiger partial charge in [-0.2, -0.15) is 0 Å². The van der Waals surface area contributed by atoms with Crippen LogP contribution in [0, 0.1) is 0 Å². The van der Waals surface area contributed by atoms with E-state index in [4.69, 9.17) is 9.40 Å². The summed E-state index contributed by atoms with van der Waals surface area (Å²) in [5, 5.41) is 8.19. The van der Waals surface area contributed by atoms with Gasteiger partial charge in [0.1, 0.15) is 16.7 Å². The molecule has 0 radical (unpaired) electrons. The molecule has 4 nitrogen and oxygen atoms in total. The molecule has 1 aliphatic rings. The molecule has 0 saturated carbocycles. The summed E-state index contributed by atoms with van der Waals surface area (Å²) in [4.78, 5) is 5.50. The molecule has 0 amide bonds. The zero-order valence-electron chi connectivity index (χ0n) is 25.0. The molecule has 11 aromatic rings. The molecule has 216 valence electrons. The van der Waals surface area contributed by atoms with Gasteiger partial charge in [0.05, 0.1) is 27.8 Å². The topological polar surface area (TPSA) is 35.4 Å². The van der Waals surface area contributed by atoms with Gasteiger partial charge < -0.3 is 8.98 Å². The number of fused-ring (bicyclic) bond motifs is 17. The van der Waals surface area contributed by atoms with Crippen LogP contribution in [0.2, 0.25) is 0 Å². The minimum atomic E-state index is 0.883. The second kappa shape index (κ2) is 8.25. The minimum absolute atomic E-state index is 0.883. The number of imidazole rings is 1. The predicted octanol–water partition coefficient (Wildman–Crippen LogP) is 11.4. The van der Waals surface area contributed by atoms with Crippen molar-refractivity contribution in [3.05, 3.63) is 140 Å². The molecule has 0 fully saturated rings. The largest absolute Gasteiger partial charge is 0.454 e. The third kappa shape index (κ3) is 2.79. The van der Waals surface area contributed by atoms with Crippen LogP contribution in [0.1, 0.15) is 0 Å². The van der Waals surface area contributed by atoms with E-state index in [0.29, 0.717) is 0 Å². The van der Waals surface area contributed by atoms with E-state index < -0.39 is 0 Å². The van der Waals surface area contributed by atoms with Crippen molar-refractivity contribution in [2.75, 3.05) is 0 Å². The Morgan fingerprint density at radius 2 is 1.11 bits per heavy atom. The molecule has 47 heavy (non-hydrogen) atoms. The number of benzene rings is 7. The van der Waals surface area contributed by atoms with E-state index in [0.717, 1.165) is 55.0 Å². The first-order valence-electron chi connectivity index (χ1n) is 16.1. The zero-order valence-corrected chi connectivity index (χ0v) is 25.0. The number of pyridine rings is 1. The molecular weight excluding hydrogens is 574 g/mol. The normalized spacial score (nSPS) is 12.7. The van der Waals surface area contributed by atoms with E-state index in [1.54, 1.807) is 0 Å². The van der Waals surface area contributed by atoms with Gasteiger partial charge in [0.2, 0.25) is 0 Å². The Kier molecular flexibility index (Phi) is 4.20. The van der Waals surface area contributed by atoms with E-state index in [2.05, 4.69) is 142 Å². The van der Waals surface area contributed by atoms with Crippen molar-refractivity contribution in [2.45, 2.75) is 0 Å². The van der Waals surface area contributed by atoms with Gasteiger partial charge in [-0.1, -0.05) is 103 Å². The molecule has 7 aromatic carbocycles. The minimum Gasteiger partial charge on any atom is -0.454 e. The predicted molar refractivity (Wildman–Crippen MR) is 194 cm³/mol. The number of hydrogen-bond donors (Lipinski definition) is 0. The van der Waals surface area contributed by atoms with E-state index in [1.807, 2.05) is 6.07 Å². The molecule has 0 spiro atoms. The third-order valence-electron chi connectivity index (χ3n) is 10.4. The van der Waals surface area contributed by atoms with Gasteiger partial charge >= 0.3 is 0 Å². The Morgan fingerprint density at radius 1 is 0.447 bits per heavy atom. The van der Waals surface area contributed by atoms with Crippen molar-refractivity contribution in [2.24, 2.45) is 0 Å². The number of aromatic nitrogens is 3. The van der Waals surface area contributed by atoms with Gasteiger partial charge in [-0.3, -0.25) is 4.40 Å². The van der Waals surface area contributed by atoms with Crippen LogP contribution in [0.4, 0.5) is 0 Å². The number of furan rings is 1. The molecule has 4 heteroatoms. The van der Waals surface area contributed by atoms with Gasteiger partial charge in [0.25, 0.3) is 0 Å². The number of rotatable bonds is 1. The highest BCUT2D eigenvalue weighted by Gasteiger charge is 2.25. The molecule has 0 saturated heterocycles. The fourth-order valence-electron chi connectivity index (χ4n) is 8.56. The fourth-order valence-corrected chi connectivity index (χ4v) is 8.56. The maximum atomic E-state index is 6.55. The second-order valence-corrected chi connectivity index (χ2v) is 12.7. The summed E-state index contributed by atoms with van der Waals surface area (Å²) < 4.78 is 11.3. The number of hydrogen-bond acceptors (Lipinski definition) is 2. The van der Waals surface area contributed by atoms with Gasteiger partial charge in [-0.25, -0.2) is 4.98 Å². The van der Waals surface area contributed by atoms with E-state index in [9.17, 15) is 0 Å². The summed E-state index contributed by atoms with van der Waals surface area (Å²) in [6.45, 7) is 0. The lowest BCUT2D eigenvalue weighted by molar-refractivity contribution is 0.672. The van der Waals surface area contributed by atoms with Gasteiger partial charge in [0.15, 0.2) is 5.58 Å². The van der Waals surface area contributed by atoms with E-state index in [1.165, 1.54) is 55.0 Å². The van der Waals surface area contributed by atoms with Gasteiger partial charge in [0, 0.05) is 32.3 Å². The van der Waals surface area contributed by atoms with Gasteiger partial charge in [-0.05, 0) is 64.0 Å². The van der Waals surface area contributed by atoms with Crippen LogP contribution in [0.25, 0.3) is 110 Å². The van der Waals surface area contributed by atoms with Crippen LogP contribution in [-0.4, -0.2) is 14.0 Å². The van der Waals surface area contributed by atoms with Crippen LogP contribution in [0.5, 0.6) is 0 Å². The summed E-state index contributed by atoms with van der Waals surface area (Å²) in [5.41, 5.74) is 14.6. The Hall–Kier alpha value is -6.39. The van der Waals surface area contributed by atoms with Gasteiger partial charge in [-0.15, -0.1) is 0 Å². The van der Waals surface area contributed by atoms with Crippen LogP contribution >= 0.6 is 0 Å². The standard InChI is InChI=1S/C43H23N3O/c1-2-11-25-24(10-1)26-16-9-17-30-34(21-20-27(25)38(26)30)45-33-18-7-5-14-31(33)39-35(45)22-23-36-40(39)44-43-29-13-4-3-12-28(29)42-41(46(36)43)32-15-6-8-19-37(32)47-42/h1-23H. The van der Waals surface area contributed by atoms with Crippen molar-refractivity contribution < 1.29 is 4.42 Å². The fraction of sp³-hybridized carbons (Fsp3) is 0. The first kappa shape index (κ1) is 23.9. The van der Waals surface area contributed by atoms with Crippen molar-refractivity contribution in [3.8, 4) is 27.9 Å². The quantitative estimate of drug-likeness (QED) is 0.189. The van der Waals surface area contributed by atoms with Crippen molar-refractivity contribution in [1.29, 1.82) is 0 Å². The Morgan fingerprint density at radius 3 is 1.98 bits per heavy atom. The summed E-state index contributed by atoms with van der Waals surface area (Å²) >= 11 is 0. The lowest BCUT2D eigenvalue weighted by atomic mass is 10.0. The molecule has 0 atom stereocenters. The van der Waals surface area contributed by atoms with Crippen LogP contribution < -0.4 is 0 Å². The highest BCUT2D eigenvalue weighted by molar-refractivity contribution is 6.25. The molecule has 0 bridgehead atoms. The zero-order chi connectivity index (χ0) is 30.4. The Bertz CT molecular complexity index is 3160. The molecule has 12 rings (SSSR count). The monoisotopic (exact) mass is 597 g/mol. The van der Waals surface area contributed by atoms with Crippen LogP contribution in [-0.2, 0) is 0 Å². The molecule has 1 aliphatic carbocycles. The van der Waals surface area contributed by atoms with E-state index >= 15 is 0 Å². The number of para-hydroxylation sites is 2. The first-order valence-corrected chi connectivity index (χ1v) is 16.1. The summed E-state index contributed by atoms with van der Waals surface area (Å²) in [5.74, 6) is 0. The highest BCUT2D eigenvalue weighted by atomic mass is 16.3. The van der Waals surface area contributed by atoms with Crippen LogP contribution in [0.15, 0.2) is 144 Å². The molecule has 4 aromatic heterocycles. The average molecular weight is 598 g/mol. The van der Waals surface area contributed by atoms with Crippen molar-refractivity contribution in [1.82, 2.24) is 14.0 Å². The Labute approximate surface area is 267 Å². The van der Waals surface area contributed by atoms with Crippen LogP contribution in [0.3, 0.4) is 0 Å². The van der Waals surface area contributed by atoms with Crippen molar-refractivity contribution >= 4 is 82.1 Å². The summed E-state index contributed by atoms with van der Waals surface area (Å²) in [6, 6.07) is 50.2. The third-order valence-corrected chi connectivity index (χ3v) is 10.4. The summed E-state index contributed by atoms with van der Waals surface area (Å²) in [7, 11) is 0. The second-order valence-electron chi connectivity index (χ2n) is 12.7. The SMILES string of the molecule is c1ccc2c(c1)-c1cccc3c(-n4c5ccccc5c5c6nc7c8ccccc8c8oc9ccccc9c8n7c6ccc54)ccc-2c13. The van der Waals surface area contributed by atoms with E-state index in [-0.39, 0.29) is 0 Å². The molecule has 0 unspecified atom stereocenters. The molecule has 0 N–H and O–H groups in total. The first-order chi connectivity index (χ1) is 23.3. The van der Waals surface area contributed by atoms with Crippen molar-refractivity contribution in [3.63, 3.8) is 0 Å². The molecule has 4 heterocycles. The molecule has 0 aliphatic heterocycles. The maximum Gasteiger partial charge on any atom is 0.160 e. The lowest BCUT2D eigenvalue weighted by Crippen LogP contribution is -1.96.